The minimum Gasteiger partial charge on any atom is -0.507 e. The Morgan fingerprint density at radius 3 is 2.24 bits per heavy atom. The van der Waals surface area contributed by atoms with Gasteiger partial charge in [0.2, 0.25) is 0 Å². The molecule has 37 heavy (non-hydrogen) atoms. The van der Waals surface area contributed by atoms with Gasteiger partial charge in [-0.15, -0.1) is 0 Å². The second-order valence-electron chi connectivity index (χ2n) is 10.6. The molecule has 3 aromatic rings. The predicted octanol–water partition coefficient (Wildman–Crippen LogP) is 7.98. The van der Waals surface area contributed by atoms with Crippen LogP contribution < -0.4 is 4.90 Å². The van der Waals surface area contributed by atoms with E-state index in [1.54, 1.807) is 41.3 Å². The third-order valence-corrected chi connectivity index (χ3v) is 7.34. The van der Waals surface area contributed by atoms with E-state index in [0.29, 0.717) is 45.8 Å². The van der Waals surface area contributed by atoms with Crippen LogP contribution in [-0.4, -0.2) is 16.7 Å². The first-order valence-corrected chi connectivity index (χ1v) is 12.6. The monoisotopic (exact) mass is 514 g/mol. The van der Waals surface area contributed by atoms with Crippen LogP contribution in [-0.2, 0) is 4.79 Å². The average molecular weight is 515 g/mol. The highest BCUT2D eigenvalue weighted by atomic mass is 35.5. The minimum absolute atomic E-state index is 0.0405. The molecule has 1 atom stereocenters. The summed E-state index contributed by atoms with van der Waals surface area (Å²) in [5.41, 5.74) is 4.16. The van der Waals surface area contributed by atoms with Crippen molar-refractivity contribution in [1.82, 2.24) is 0 Å². The molecule has 1 aliphatic carbocycles. The average Bonchev–Trinajstić information content (AvgIpc) is 2.84. The number of ketones is 1. The number of benzene rings is 3. The Morgan fingerprint density at radius 2 is 1.62 bits per heavy atom. The van der Waals surface area contributed by atoms with Crippen molar-refractivity contribution in [2.75, 3.05) is 4.90 Å². The largest absolute Gasteiger partial charge is 0.507 e. The standard InChI is InChI=1S/C31H28ClFN2O2/c1-18-4-6-20(7-5-18)29(37)28-26(19-8-12-22(33)13-9-19)27-24(16-31(2,3)17-25(27)36)35(30(28)34)23-14-10-21(32)11-15-23/h4-15,26,34,37H,16-17H2,1-3H3/b29-28+,34-30?. The second-order valence-corrected chi connectivity index (χ2v) is 11.0. The first-order chi connectivity index (χ1) is 17.6. The van der Waals surface area contributed by atoms with Crippen molar-refractivity contribution in [3.05, 3.63) is 117 Å². The quantitative estimate of drug-likeness (QED) is 0.348. The van der Waals surface area contributed by atoms with Crippen molar-refractivity contribution in [3.8, 4) is 0 Å². The second kappa shape index (κ2) is 9.31. The Labute approximate surface area is 221 Å². The lowest BCUT2D eigenvalue weighted by atomic mass is 9.67. The van der Waals surface area contributed by atoms with E-state index in [9.17, 15) is 19.7 Å². The molecule has 0 bridgehead atoms. The number of aliphatic hydroxyl groups excluding tert-OH is 1. The van der Waals surface area contributed by atoms with E-state index in [1.807, 2.05) is 45.0 Å². The summed E-state index contributed by atoms with van der Waals surface area (Å²) >= 11 is 6.16. The fourth-order valence-corrected chi connectivity index (χ4v) is 5.47. The molecule has 2 aliphatic rings. The van der Waals surface area contributed by atoms with Gasteiger partial charge in [-0.1, -0.05) is 67.4 Å². The molecule has 4 nitrogen and oxygen atoms in total. The first-order valence-electron chi connectivity index (χ1n) is 12.2. The molecule has 2 N–H and O–H groups in total. The molecule has 0 amide bonds. The highest BCUT2D eigenvalue weighted by Gasteiger charge is 2.46. The van der Waals surface area contributed by atoms with Crippen molar-refractivity contribution in [2.24, 2.45) is 5.41 Å². The van der Waals surface area contributed by atoms with Gasteiger partial charge in [0.05, 0.1) is 0 Å². The molecule has 5 rings (SSSR count). The first kappa shape index (κ1) is 25.0. The van der Waals surface area contributed by atoms with Gasteiger partial charge < -0.3 is 5.11 Å². The number of carbonyl (C=O) groups excluding carboxylic acids is 1. The van der Waals surface area contributed by atoms with E-state index in [-0.39, 0.29) is 22.8 Å². The number of Topliss-reactive ketones (excluding diaryl/α,β-unsaturated/α-hetero) is 1. The summed E-state index contributed by atoms with van der Waals surface area (Å²) in [6.07, 6.45) is 0.902. The van der Waals surface area contributed by atoms with Crippen LogP contribution in [0.5, 0.6) is 0 Å². The highest BCUT2D eigenvalue weighted by molar-refractivity contribution is 6.30. The van der Waals surface area contributed by atoms with Crippen molar-refractivity contribution < 1.29 is 14.3 Å². The molecule has 0 spiro atoms. The van der Waals surface area contributed by atoms with Gasteiger partial charge in [0.1, 0.15) is 17.4 Å². The van der Waals surface area contributed by atoms with E-state index < -0.39 is 11.7 Å². The third-order valence-electron chi connectivity index (χ3n) is 7.09. The SMILES string of the molecule is Cc1ccc(/C(O)=C2\C(=N)N(c3ccc(Cl)cc3)C3=C(C(=O)CC(C)(C)C3)C2c2ccc(F)cc2)cc1. The summed E-state index contributed by atoms with van der Waals surface area (Å²) in [5.74, 6) is -1.16. The van der Waals surface area contributed by atoms with Crippen LogP contribution in [0.3, 0.4) is 0 Å². The van der Waals surface area contributed by atoms with E-state index in [0.717, 1.165) is 11.3 Å². The third kappa shape index (κ3) is 4.60. The Kier molecular flexibility index (Phi) is 6.28. The molecular weight excluding hydrogens is 487 g/mol. The lowest BCUT2D eigenvalue weighted by Gasteiger charge is -2.45. The summed E-state index contributed by atoms with van der Waals surface area (Å²) in [5, 5.41) is 21.6. The number of anilines is 1. The lowest BCUT2D eigenvalue weighted by Crippen LogP contribution is -2.45. The zero-order valence-corrected chi connectivity index (χ0v) is 21.7. The molecule has 188 valence electrons. The number of halogens is 2. The zero-order valence-electron chi connectivity index (χ0n) is 21.0. The fraction of sp³-hybridized carbons (Fsp3) is 0.226. The maximum absolute atomic E-state index is 13.9. The maximum atomic E-state index is 13.9. The number of rotatable bonds is 3. The van der Waals surface area contributed by atoms with Crippen LogP contribution in [0.15, 0.2) is 89.6 Å². The van der Waals surface area contributed by atoms with Gasteiger partial charge in [0.15, 0.2) is 5.78 Å². The van der Waals surface area contributed by atoms with Gasteiger partial charge in [-0.2, -0.15) is 0 Å². The minimum atomic E-state index is -0.712. The topological polar surface area (TPSA) is 64.4 Å². The van der Waals surface area contributed by atoms with Crippen LogP contribution >= 0.6 is 11.6 Å². The number of nitrogens with zero attached hydrogens (tertiary/aromatic N) is 1. The molecular formula is C31H28ClFN2O2. The molecule has 6 heteroatoms. The lowest BCUT2D eigenvalue weighted by molar-refractivity contribution is -0.118. The predicted molar refractivity (Wildman–Crippen MR) is 147 cm³/mol. The smallest absolute Gasteiger partial charge is 0.162 e. The van der Waals surface area contributed by atoms with E-state index >= 15 is 0 Å². The molecule has 1 aliphatic heterocycles. The van der Waals surface area contributed by atoms with Gasteiger partial charge in [-0.05, 0) is 60.7 Å². The van der Waals surface area contributed by atoms with Crippen LogP contribution in [0.1, 0.15) is 49.3 Å². The van der Waals surface area contributed by atoms with E-state index in [4.69, 9.17) is 11.6 Å². The van der Waals surface area contributed by atoms with Gasteiger partial charge in [-0.3, -0.25) is 15.1 Å². The van der Waals surface area contributed by atoms with E-state index in [2.05, 4.69) is 0 Å². The summed E-state index contributed by atoms with van der Waals surface area (Å²) in [7, 11) is 0. The molecule has 0 radical (unpaired) electrons. The van der Waals surface area contributed by atoms with Crippen LogP contribution in [0, 0.1) is 23.6 Å². The molecule has 0 saturated carbocycles. The van der Waals surface area contributed by atoms with Crippen LogP contribution in [0.2, 0.25) is 5.02 Å². The number of nitrogens with one attached hydrogen (secondary N) is 1. The molecule has 0 fully saturated rings. The Morgan fingerprint density at radius 1 is 1.00 bits per heavy atom. The number of hydrogen-bond acceptors (Lipinski definition) is 3. The van der Waals surface area contributed by atoms with Crippen molar-refractivity contribution >= 4 is 34.7 Å². The summed E-state index contributed by atoms with van der Waals surface area (Å²) in [6.45, 7) is 6.04. The van der Waals surface area contributed by atoms with Gasteiger partial charge in [0.25, 0.3) is 0 Å². The number of aliphatic hydroxyl groups is 1. The molecule has 3 aromatic carbocycles. The molecule has 1 unspecified atom stereocenters. The molecule has 1 heterocycles. The van der Waals surface area contributed by atoms with Crippen molar-refractivity contribution in [1.29, 1.82) is 5.41 Å². The van der Waals surface area contributed by atoms with Crippen LogP contribution in [0.25, 0.3) is 5.76 Å². The normalized spacial score (nSPS) is 20.7. The van der Waals surface area contributed by atoms with E-state index in [1.165, 1.54) is 12.1 Å². The molecule has 0 aromatic heterocycles. The Hall–Kier alpha value is -3.70. The Bertz CT molecular complexity index is 1450. The maximum Gasteiger partial charge on any atom is 0.162 e. The van der Waals surface area contributed by atoms with Crippen LogP contribution in [0.4, 0.5) is 10.1 Å². The highest BCUT2D eigenvalue weighted by Crippen LogP contribution is 2.51. The number of amidine groups is 1. The number of hydrogen-bond donors (Lipinski definition) is 2. The van der Waals surface area contributed by atoms with Crippen molar-refractivity contribution in [2.45, 2.75) is 39.5 Å². The summed E-state index contributed by atoms with van der Waals surface area (Å²) in [4.78, 5) is 15.6. The fourth-order valence-electron chi connectivity index (χ4n) is 5.34. The number of carbonyl (C=O) groups is 1. The summed E-state index contributed by atoms with van der Waals surface area (Å²) in [6, 6.07) is 20.5. The van der Waals surface area contributed by atoms with Crippen molar-refractivity contribution in [3.63, 3.8) is 0 Å². The Balaban J connectivity index is 1.84. The number of allylic oxidation sites excluding steroid dienone is 2. The summed E-state index contributed by atoms with van der Waals surface area (Å²) < 4.78 is 13.9. The zero-order chi connectivity index (χ0) is 26.5. The van der Waals surface area contributed by atoms with Gasteiger partial charge in [0, 0.05) is 45.5 Å². The van der Waals surface area contributed by atoms with Gasteiger partial charge >= 0.3 is 0 Å². The molecule has 0 saturated heterocycles. The number of aryl methyl sites for hydroxylation is 1. The van der Waals surface area contributed by atoms with Gasteiger partial charge in [-0.25, -0.2) is 4.39 Å².